The maximum atomic E-state index is 13.6. The molecule has 2 aromatic rings. The Morgan fingerprint density at radius 3 is 2.60 bits per heavy atom. The van der Waals surface area contributed by atoms with Gasteiger partial charge in [0, 0.05) is 6.54 Å². The minimum atomic E-state index is -0.712. The van der Waals surface area contributed by atoms with Crippen LogP contribution in [0.4, 0.5) is 4.39 Å². The van der Waals surface area contributed by atoms with E-state index < -0.39 is 11.7 Å². The summed E-state index contributed by atoms with van der Waals surface area (Å²) in [7, 11) is 0. The molecule has 0 heterocycles. The lowest BCUT2D eigenvalue weighted by Crippen LogP contribution is -2.26. The summed E-state index contributed by atoms with van der Waals surface area (Å²) >= 11 is 5.62. The Kier molecular flexibility index (Phi) is 4.58. The molecular weight excluding hydrogens is 281 g/mol. The number of hydrogen-bond donors (Lipinski definition) is 2. The molecule has 0 saturated carbocycles. The molecule has 2 rings (SSSR count). The molecule has 0 aliphatic rings. The second-order valence-electron chi connectivity index (χ2n) is 4.27. The molecule has 20 heavy (non-hydrogen) atoms. The van der Waals surface area contributed by atoms with Crippen LogP contribution >= 0.6 is 11.6 Å². The Balaban J connectivity index is 1.92. The maximum absolute atomic E-state index is 13.6. The third-order valence-corrected chi connectivity index (χ3v) is 3.12. The minimum absolute atomic E-state index is 0.0665. The van der Waals surface area contributed by atoms with Gasteiger partial charge in [0.15, 0.2) is 5.82 Å². The normalized spacial score (nSPS) is 10.3. The molecule has 104 valence electrons. The SMILES string of the molecule is O=C(NCCc1ccc(O)cc1)c1cccc(Cl)c1F. The van der Waals surface area contributed by atoms with E-state index in [1.165, 1.54) is 18.2 Å². The lowest BCUT2D eigenvalue weighted by atomic mass is 10.1. The molecule has 5 heteroatoms. The molecule has 0 aliphatic heterocycles. The third kappa shape index (κ3) is 3.48. The minimum Gasteiger partial charge on any atom is -0.508 e. The van der Waals surface area contributed by atoms with Gasteiger partial charge in [0.1, 0.15) is 5.75 Å². The monoisotopic (exact) mass is 293 g/mol. The zero-order valence-electron chi connectivity index (χ0n) is 10.6. The van der Waals surface area contributed by atoms with Crippen LogP contribution in [0.5, 0.6) is 5.75 Å². The summed E-state index contributed by atoms with van der Waals surface area (Å²) in [5, 5.41) is 11.7. The van der Waals surface area contributed by atoms with Gasteiger partial charge in [-0.15, -0.1) is 0 Å². The topological polar surface area (TPSA) is 49.3 Å². The fraction of sp³-hybridized carbons (Fsp3) is 0.133. The quantitative estimate of drug-likeness (QED) is 0.910. The molecule has 0 aromatic heterocycles. The van der Waals surface area contributed by atoms with E-state index in [0.29, 0.717) is 13.0 Å². The number of carbonyl (C=O) groups excluding carboxylic acids is 1. The zero-order valence-corrected chi connectivity index (χ0v) is 11.3. The number of benzene rings is 2. The Hall–Kier alpha value is -2.07. The molecule has 1 amide bonds. The molecule has 0 aliphatic carbocycles. The van der Waals surface area contributed by atoms with E-state index in [2.05, 4.69) is 5.32 Å². The van der Waals surface area contributed by atoms with Gasteiger partial charge in [0.2, 0.25) is 0 Å². The van der Waals surface area contributed by atoms with E-state index in [-0.39, 0.29) is 16.3 Å². The zero-order chi connectivity index (χ0) is 14.5. The number of phenolic OH excluding ortho intramolecular Hbond substituents is 1. The Labute approximate surface area is 121 Å². The van der Waals surface area contributed by atoms with Crippen molar-refractivity contribution in [3.63, 3.8) is 0 Å². The van der Waals surface area contributed by atoms with E-state index in [0.717, 1.165) is 5.56 Å². The van der Waals surface area contributed by atoms with Crippen LogP contribution in [-0.4, -0.2) is 17.6 Å². The van der Waals surface area contributed by atoms with Crippen LogP contribution in [0.15, 0.2) is 42.5 Å². The second kappa shape index (κ2) is 6.39. The van der Waals surface area contributed by atoms with Gasteiger partial charge in [-0.25, -0.2) is 4.39 Å². The van der Waals surface area contributed by atoms with Crippen molar-refractivity contribution in [3.05, 3.63) is 64.4 Å². The van der Waals surface area contributed by atoms with Gasteiger partial charge in [0.05, 0.1) is 10.6 Å². The van der Waals surface area contributed by atoms with Gasteiger partial charge >= 0.3 is 0 Å². The van der Waals surface area contributed by atoms with Crippen LogP contribution in [0.3, 0.4) is 0 Å². The van der Waals surface area contributed by atoms with Crippen LogP contribution in [0.25, 0.3) is 0 Å². The lowest BCUT2D eigenvalue weighted by molar-refractivity contribution is 0.0950. The molecule has 2 aromatic carbocycles. The molecule has 0 unspecified atom stereocenters. The molecule has 0 radical (unpaired) electrons. The van der Waals surface area contributed by atoms with E-state index in [9.17, 15) is 9.18 Å². The number of carbonyl (C=O) groups is 1. The predicted octanol–water partition coefficient (Wildman–Crippen LogP) is 3.16. The molecular formula is C15H13ClFNO2. The number of aromatic hydroxyl groups is 1. The van der Waals surface area contributed by atoms with Crippen LogP contribution < -0.4 is 5.32 Å². The molecule has 0 fully saturated rings. The van der Waals surface area contributed by atoms with Gasteiger partial charge in [-0.05, 0) is 36.2 Å². The van der Waals surface area contributed by atoms with Crippen molar-refractivity contribution in [2.24, 2.45) is 0 Å². The molecule has 0 saturated heterocycles. The standard InChI is InChI=1S/C15H13ClFNO2/c16-13-3-1-2-12(14(13)17)15(20)18-9-8-10-4-6-11(19)7-5-10/h1-7,19H,8-9H2,(H,18,20). The summed E-state index contributed by atoms with van der Waals surface area (Å²) in [6, 6.07) is 11.0. The van der Waals surface area contributed by atoms with E-state index >= 15 is 0 Å². The summed E-state index contributed by atoms with van der Waals surface area (Å²) in [6.07, 6.45) is 0.591. The lowest BCUT2D eigenvalue weighted by Gasteiger charge is -2.07. The van der Waals surface area contributed by atoms with Crippen molar-refractivity contribution >= 4 is 17.5 Å². The van der Waals surface area contributed by atoms with Gasteiger partial charge in [-0.2, -0.15) is 0 Å². The Morgan fingerprint density at radius 2 is 1.90 bits per heavy atom. The van der Waals surface area contributed by atoms with E-state index in [1.54, 1.807) is 24.3 Å². The fourth-order valence-electron chi connectivity index (χ4n) is 1.76. The van der Waals surface area contributed by atoms with Gasteiger partial charge in [-0.3, -0.25) is 4.79 Å². The van der Waals surface area contributed by atoms with E-state index in [4.69, 9.17) is 16.7 Å². The van der Waals surface area contributed by atoms with Crippen molar-refractivity contribution in [1.29, 1.82) is 0 Å². The van der Waals surface area contributed by atoms with Crippen LogP contribution in [-0.2, 0) is 6.42 Å². The van der Waals surface area contributed by atoms with Crippen molar-refractivity contribution in [3.8, 4) is 5.75 Å². The summed E-state index contributed by atoms with van der Waals surface area (Å²) in [6.45, 7) is 0.371. The predicted molar refractivity (Wildman–Crippen MR) is 75.6 cm³/mol. The van der Waals surface area contributed by atoms with Crippen LogP contribution in [0.1, 0.15) is 15.9 Å². The van der Waals surface area contributed by atoms with Crippen molar-refractivity contribution in [2.45, 2.75) is 6.42 Å². The van der Waals surface area contributed by atoms with Crippen molar-refractivity contribution < 1.29 is 14.3 Å². The third-order valence-electron chi connectivity index (χ3n) is 2.83. The highest BCUT2D eigenvalue weighted by Crippen LogP contribution is 2.17. The smallest absolute Gasteiger partial charge is 0.254 e. The summed E-state index contributed by atoms with van der Waals surface area (Å²) in [5.74, 6) is -1.01. The maximum Gasteiger partial charge on any atom is 0.254 e. The van der Waals surface area contributed by atoms with Crippen molar-refractivity contribution in [1.82, 2.24) is 5.32 Å². The van der Waals surface area contributed by atoms with Gasteiger partial charge in [-0.1, -0.05) is 29.8 Å². The number of nitrogens with one attached hydrogen (secondary N) is 1. The van der Waals surface area contributed by atoms with Gasteiger partial charge < -0.3 is 10.4 Å². The molecule has 0 spiro atoms. The average Bonchev–Trinajstić information content (AvgIpc) is 2.44. The first-order valence-electron chi connectivity index (χ1n) is 6.08. The fourth-order valence-corrected chi connectivity index (χ4v) is 1.93. The second-order valence-corrected chi connectivity index (χ2v) is 4.68. The summed E-state index contributed by atoms with van der Waals surface area (Å²) in [4.78, 5) is 11.8. The first-order chi connectivity index (χ1) is 9.58. The first kappa shape index (κ1) is 14.3. The Bertz CT molecular complexity index is 614. The molecule has 2 N–H and O–H groups in total. The molecule has 0 bridgehead atoms. The van der Waals surface area contributed by atoms with Crippen LogP contribution in [0.2, 0.25) is 5.02 Å². The van der Waals surface area contributed by atoms with E-state index in [1.807, 2.05) is 0 Å². The summed E-state index contributed by atoms with van der Waals surface area (Å²) < 4.78 is 13.6. The van der Waals surface area contributed by atoms with Crippen LogP contribution in [0, 0.1) is 5.82 Å². The highest BCUT2D eigenvalue weighted by molar-refractivity contribution is 6.31. The number of phenols is 1. The number of hydrogen-bond acceptors (Lipinski definition) is 2. The highest BCUT2D eigenvalue weighted by Gasteiger charge is 2.13. The molecule has 0 atom stereocenters. The average molecular weight is 294 g/mol. The van der Waals surface area contributed by atoms with Crippen molar-refractivity contribution in [2.75, 3.05) is 6.54 Å². The van der Waals surface area contributed by atoms with Gasteiger partial charge in [0.25, 0.3) is 5.91 Å². The Morgan fingerprint density at radius 1 is 1.20 bits per heavy atom. The largest absolute Gasteiger partial charge is 0.508 e. The number of halogens is 2. The highest BCUT2D eigenvalue weighted by atomic mass is 35.5. The molecule has 3 nitrogen and oxygen atoms in total. The number of amides is 1. The first-order valence-corrected chi connectivity index (χ1v) is 6.46. The number of rotatable bonds is 4. The summed E-state index contributed by atoms with van der Waals surface area (Å²) in [5.41, 5.74) is 0.901.